The number of hydrogen-bond acceptors (Lipinski definition) is 4. The summed E-state index contributed by atoms with van der Waals surface area (Å²) < 4.78 is 12.5. The molecule has 2 aromatic rings. The van der Waals surface area contributed by atoms with E-state index >= 15 is 0 Å². The number of methoxy groups -OCH3 is 2. The zero-order valence-corrected chi connectivity index (χ0v) is 12.1. The van der Waals surface area contributed by atoms with E-state index in [0.717, 1.165) is 17.0 Å². The lowest BCUT2D eigenvalue weighted by atomic mass is 10.3. The van der Waals surface area contributed by atoms with Crippen molar-refractivity contribution in [1.29, 1.82) is 0 Å². The van der Waals surface area contributed by atoms with Gasteiger partial charge in [0, 0.05) is 25.5 Å². The molecule has 1 unspecified atom stereocenters. The summed E-state index contributed by atoms with van der Waals surface area (Å²) in [6.07, 6.45) is 0.788. The molecule has 0 bridgehead atoms. The van der Waals surface area contributed by atoms with Gasteiger partial charge in [0.25, 0.3) is 0 Å². The van der Waals surface area contributed by atoms with Crippen molar-refractivity contribution in [3.05, 3.63) is 18.0 Å². The number of alkyl halides is 1. The van der Waals surface area contributed by atoms with Crippen LogP contribution in [0.15, 0.2) is 12.1 Å². The average molecular weight is 284 g/mol. The number of hydrogen-bond donors (Lipinski definition) is 0. The lowest BCUT2D eigenvalue weighted by Crippen LogP contribution is -2.17. The van der Waals surface area contributed by atoms with Gasteiger partial charge < -0.3 is 14.0 Å². The topological polar surface area (TPSA) is 49.2 Å². The fourth-order valence-electron chi connectivity index (χ4n) is 1.94. The Morgan fingerprint density at radius 2 is 2.11 bits per heavy atom. The van der Waals surface area contributed by atoms with Crippen molar-refractivity contribution >= 4 is 22.8 Å². The average Bonchev–Trinajstić information content (AvgIpc) is 2.76. The van der Waals surface area contributed by atoms with Crippen molar-refractivity contribution in [3.63, 3.8) is 0 Å². The molecule has 0 fully saturated rings. The molecule has 0 saturated carbocycles. The first kappa shape index (κ1) is 14.1. The molecule has 0 N–H and O–H groups in total. The van der Waals surface area contributed by atoms with Gasteiger partial charge in [-0.25, -0.2) is 4.98 Å². The van der Waals surface area contributed by atoms with Crippen molar-refractivity contribution in [1.82, 2.24) is 14.5 Å². The number of nitrogens with zero attached hydrogens (tertiary/aromatic N) is 3. The Kier molecular flexibility index (Phi) is 4.61. The zero-order valence-electron chi connectivity index (χ0n) is 11.4. The molecule has 0 aliphatic carbocycles. The molecule has 0 aliphatic rings. The van der Waals surface area contributed by atoms with Crippen LogP contribution in [0.3, 0.4) is 0 Å². The van der Waals surface area contributed by atoms with Gasteiger partial charge in [-0.15, -0.1) is 11.6 Å². The zero-order chi connectivity index (χ0) is 13.8. The van der Waals surface area contributed by atoms with Gasteiger partial charge >= 0.3 is 0 Å². The van der Waals surface area contributed by atoms with Gasteiger partial charge in [-0.2, -0.15) is 4.98 Å². The monoisotopic (exact) mass is 283 g/mol. The highest BCUT2D eigenvalue weighted by Gasteiger charge is 2.14. The van der Waals surface area contributed by atoms with Crippen molar-refractivity contribution in [2.45, 2.75) is 26.0 Å². The third-order valence-electron chi connectivity index (χ3n) is 3.02. The van der Waals surface area contributed by atoms with Crippen molar-refractivity contribution in [2.75, 3.05) is 20.1 Å². The third-order valence-corrected chi connectivity index (χ3v) is 3.20. The van der Waals surface area contributed by atoms with Crippen LogP contribution in [0.25, 0.3) is 11.2 Å². The Hall–Kier alpha value is -1.33. The highest BCUT2D eigenvalue weighted by atomic mass is 35.5. The smallest absolute Gasteiger partial charge is 0.215 e. The van der Waals surface area contributed by atoms with Gasteiger partial charge in [0.1, 0.15) is 11.3 Å². The van der Waals surface area contributed by atoms with Crippen LogP contribution in [-0.2, 0) is 17.7 Å². The second-order valence-corrected chi connectivity index (χ2v) is 4.70. The van der Waals surface area contributed by atoms with E-state index in [9.17, 15) is 0 Å². The minimum absolute atomic E-state index is 0.0828. The van der Waals surface area contributed by atoms with Crippen LogP contribution in [0.2, 0.25) is 0 Å². The molecule has 2 rings (SSSR count). The minimum Gasteiger partial charge on any atom is -0.481 e. The largest absolute Gasteiger partial charge is 0.481 e. The van der Waals surface area contributed by atoms with E-state index in [1.54, 1.807) is 14.2 Å². The summed E-state index contributed by atoms with van der Waals surface area (Å²) in [4.78, 5) is 9.03. The Bertz CT molecular complexity index is 556. The molecular weight excluding hydrogens is 266 g/mol. The Balaban J connectivity index is 2.49. The SMILES string of the molecule is COc1ccc2nc(CCCl)n(CC(C)OC)c2n1. The van der Waals surface area contributed by atoms with Crippen LogP contribution >= 0.6 is 11.6 Å². The van der Waals surface area contributed by atoms with Gasteiger partial charge in [-0.3, -0.25) is 0 Å². The van der Waals surface area contributed by atoms with E-state index in [4.69, 9.17) is 21.1 Å². The van der Waals surface area contributed by atoms with Crippen LogP contribution in [0, 0.1) is 0 Å². The van der Waals surface area contributed by atoms with Crippen LogP contribution in [0.5, 0.6) is 5.88 Å². The number of rotatable bonds is 6. The van der Waals surface area contributed by atoms with Gasteiger partial charge in [-0.1, -0.05) is 0 Å². The highest BCUT2D eigenvalue weighted by Crippen LogP contribution is 2.19. The van der Waals surface area contributed by atoms with Crippen molar-refractivity contribution in [3.8, 4) is 5.88 Å². The molecule has 2 heterocycles. The van der Waals surface area contributed by atoms with Gasteiger partial charge in [0.15, 0.2) is 5.65 Å². The predicted octanol–water partition coefficient (Wildman–Crippen LogP) is 2.26. The number of pyridine rings is 1. The number of imidazole rings is 1. The standard InChI is InChI=1S/C13H18ClN3O2/c1-9(18-2)8-17-11(6-7-14)15-10-4-5-12(19-3)16-13(10)17/h4-5,9H,6-8H2,1-3H3. The summed E-state index contributed by atoms with van der Waals surface area (Å²) in [5.41, 5.74) is 1.66. The maximum Gasteiger partial charge on any atom is 0.215 e. The molecule has 0 amide bonds. The predicted molar refractivity (Wildman–Crippen MR) is 75.0 cm³/mol. The first-order valence-corrected chi connectivity index (χ1v) is 6.72. The Morgan fingerprint density at radius 1 is 1.32 bits per heavy atom. The maximum atomic E-state index is 5.83. The molecule has 2 aromatic heterocycles. The van der Waals surface area contributed by atoms with E-state index in [-0.39, 0.29) is 6.10 Å². The molecule has 5 nitrogen and oxygen atoms in total. The number of aromatic nitrogens is 3. The quantitative estimate of drug-likeness (QED) is 0.763. The minimum atomic E-state index is 0.0828. The van der Waals surface area contributed by atoms with Crippen LogP contribution < -0.4 is 4.74 Å². The molecule has 19 heavy (non-hydrogen) atoms. The second-order valence-electron chi connectivity index (χ2n) is 4.32. The number of ether oxygens (including phenoxy) is 2. The lowest BCUT2D eigenvalue weighted by Gasteiger charge is -2.13. The van der Waals surface area contributed by atoms with E-state index < -0.39 is 0 Å². The summed E-state index contributed by atoms with van der Waals surface area (Å²) in [7, 11) is 3.30. The maximum absolute atomic E-state index is 5.83. The van der Waals surface area contributed by atoms with E-state index in [1.807, 2.05) is 19.1 Å². The lowest BCUT2D eigenvalue weighted by molar-refractivity contribution is 0.103. The van der Waals surface area contributed by atoms with E-state index in [0.29, 0.717) is 24.7 Å². The van der Waals surface area contributed by atoms with Gasteiger partial charge in [0.2, 0.25) is 5.88 Å². The van der Waals surface area contributed by atoms with Crippen molar-refractivity contribution in [2.24, 2.45) is 0 Å². The second kappa shape index (κ2) is 6.21. The Labute approximate surface area is 117 Å². The van der Waals surface area contributed by atoms with E-state index in [2.05, 4.69) is 14.5 Å². The van der Waals surface area contributed by atoms with Gasteiger partial charge in [-0.05, 0) is 13.0 Å². The van der Waals surface area contributed by atoms with Crippen LogP contribution in [0.1, 0.15) is 12.7 Å². The first-order chi connectivity index (χ1) is 9.19. The summed E-state index contributed by atoms with van der Waals surface area (Å²) in [6, 6.07) is 3.72. The molecule has 0 spiro atoms. The van der Waals surface area contributed by atoms with Gasteiger partial charge in [0.05, 0.1) is 19.8 Å². The number of fused-ring (bicyclic) bond motifs is 1. The molecule has 0 aromatic carbocycles. The number of aryl methyl sites for hydroxylation is 1. The molecule has 1 atom stereocenters. The highest BCUT2D eigenvalue weighted by molar-refractivity contribution is 6.17. The molecular formula is C13H18ClN3O2. The van der Waals surface area contributed by atoms with E-state index in [1.165, 1.54) is 0 Å². The molecule has 0 aliphatic heterocycles. The molecule has 0 saturated heterocycles. The van der Waals surface area contributed by atoms with Crippen molar-refractivity contribution < 1.29 is 9.47 Å². The fraction of sp³-hybridized carbons (Fsp3) is 0.538. The number of halogens is 1. The molecule has 0 radical (unpaired) electrons. The Morgan fingerprint density at radius 3 is 2.74 bits per heavy atom. The van der Waals surface area contributed by atoms with Crippen LogP contribution in [-0.4, -0.2) is 40.7 Å². The summed E-state index contributed by atoms with van der Waals surface area (Å²) in [5, 5.41) is 0. The normalized spacial score (nSPS) is 12.8. The molecule has 104 valence electrons. The summed E-state index contributed by atoms with van der Waals surface area (Å²) in [6.45, 7) is 2.70. The first-order valence-electron chi connectivity index (χ1n) is 6.18. The third kappa shape index (κ3) is 2.98. The summed E-state index contributed by atoms with van der Waals surface area (Å²) in [5.74, 6) is 2.03. The molecule has 6 heteroatoms. The summed E-state index contributed by atoms with van der Waals surface area (Å²) >= 11 is 5.83. The van der Waals surface area contributed by atoms with Crippen LogP contribution in [0.4, 0.5) is 0 Å². The fourth-order valence-corrected chi connectivity index (χ4v) is 2.11.